The molecule has 0 bridgehead atoms. The first-order chi connectivity index (χ1) is 7.89. The van der Waals surface area contributed by atoms with Crippen LogP contribution in [0.2, 0.25) is 0 Å². The van der Waals surface area contributed by atoms with Gasteiger partial charge in [0.1, 0.15) is 0 Å². The zero-order valence-electron chi connectivity index (χ0n) is 10.9. The van der Waals surface area contributed by atoms with Crippen molar-refractivity contribution in [2.75, 3.05) is 0 Å². The van der Waals surface area contributed by atoms with Gasteiger partial charge in [0.15, 0.2) is 5.78 Å². The Labute approximate surface area is 102 Å². The third kappa shape index (κ3) is 2.23. The summed E-state index contributed by atoms with van der Waals surface area (Å²) in [6, 6.07) is 12.3. The summed E-state index contributed by atoms with van der Waals surface area (Å²) in [5.74, 6) is 0.124. The molecule has 88 valence electrons. The summed E-state index contributed by atoms with van der Waals surface area (Å²) in [6.07, 6.45) is 0. The SMILES string of the molecule is CC(=O)c1cccc2cc(C(C)(C)C)ccc12. The third-order valence-electron chi connectivity index (χ3n) is 3.13. The van der Waals surface area contributed by atoms with Crippen LogP contribution in [-0.2, 0) is 5.41 Å². The Balaban J connectivity index is 2.69. The van der Waals surface area contributed by atoms with Crippen molar-refractivity contribution in [3.05, 3.63) is 47.5 Å². The van der Waals surface area contributed by atoms with Gasteiger partial charge in [-0.15, -0.1) is 0 Å². The van der Waals surface area contributed by atoms with E-state index in [0.29, 0.717) is 0 Å². The molecule has 0 spiro atoms. The maximum absolute atomic E-state index is 11.5. The van der Waals surface area contributed by atoms with Crippen molar-refractivity contribution in [3.8, 4) is 0 Å². The second kappa shape index (κ2) is 3.99. The molecule has 1 nitrogen and oxygen atoms in total. The number of ketones is 1. The lowest BCUT2D eigenvalue weighted by atomic mass is 9.85. The molecule has 0 heterocycles. The molecule has 0 saturated heterocycles. The molecule has 1 heteroatoms. The average molecular weight is 226 g/mol. The van der Waals surface area contributed by atoms with Gasteiger partial charge in [0.25, 0.3) is 0 Å². The van der Waals surface area contributed by atoms with Gasteiger partial charge < -0.3 is 0 Å². The zero-order valence-corrected chi connectivity index (χ0v) is 10.9. The highest BCUT2D eigenvalue weighted by molar-refractivity contribution is 6.07. The fourth-order valence-electron chi connectivity index (χ4n) is 2.06. The minimum absolute atomic E-state index is 0.124. The van der Waals surface area contributed by atoms with E-state index in [0.717, 1.165) is 16.3 Å². The Morgan fingerprint density at radius 3 is 2.35 bits per heavy atom. The molecule has 0 unspecified atom stereocenters. The largest absolute Gasteiger partial charge is 0.294 e. The minimum atomic E-state index is 0.124. The summed E-state index contributed by atoms with van der Waals surface area (Å²) >= 11 is 0. The molecule has 0 aliphatic carbocycles. The smallest absolute Gasteiger partial charge is 0.160 e. The number of Topliss-reactive ketones (excluding diaryl/α,β-unsaturated/α-hetero) is 1. The standard InChI is InChI=1S/C16H18O/c1-11(17)14-7-5-6-12-10-13(16(2,3)4)8-9-15(12)14/h5-10H,1-4H3. The van der Waals surface area contributed by atoms with E-state index in [-0.39, 0.29) is 11.2 Å². The number of benzene rings is 2. The van der Waals surface area contributed by atoms with Crippen LogP contribution in [-0.4, -0.2) is 5.78 Å². The van der Waals surface area contributed by atoms with Gasteiger partial charge in [-0.2, -0.15) is 0 Å². The van der Waals surface area contributed by atoms with E-state index in [1.807, 2.05) is 12.1 Å². The summed E-state index contributed by atoms with van der Waals surface area (Å²) in [6.45, 7) is 8.21. The molecule has 0 aliphatic rings. The zero-order chi connectivity index (χ0) is 12.6. The topological polar surface area (TPSA) is 17.1 Å². The first kappa shape index (κ1) is 11.8. The van der Waals surface area contributed by atoms with Crippen LogP contribution in [0.25, 0.3) is 10.8 Å². The lowest BCUT2D eigenvalue weighted by molar-refractivity contribution is 0.101. The molecule has 0 atom stereocenters. The fourth-order valence-corrected chi connectivity index (χ4v) is 2.06. The van der Waals surface area contributed by atoms with Crippen LogP contribution in [0.5, 0.6) is 0 Å². The minimum Gasteiger partial charge on any atom is -0.294 e. The lowest BCUT2D eigenvalue weighted by Gasteiger charge is -2.19. The second-order valence-electron chi connectivity index (χ2n) is 5.55. The number of fused-ring (bicyclic) bond motifs is 1. The maximum atomic E-state index is 11.5. The fraction of sp³-hybridized carbons (Fsp3) is 0.312. The van der Waals surface area contributed by atoms with E-state index in [9.17, 15) is 4.79 Å². The van der Waals surface area contributed by atoms with Gasteiger partial charge in [-0.3, -0.25) is 4.79 Å². The van der Waals surface area contributed by atoms with Gasteiger partial charge in [-0.1, -0.05) is 57.2 Å². The molecule has 17 heavy (non-hydrogen) atoms. The van der Waals surface area contributed by atoms with Crippen molar-refractivity contribution in [1.82, 2.24) is 0 Å². The molecule has 0 amide bonds. The number of rotatable bonds is 1. The van der Waals surface area contributed by atoms with Gasteiger partial charge >= 0.3 is 0 Å². The Bertz CT molecular complexity index is 574. The molecular weight excluding hydrogens is 208 g/mol. The Hall–Kier alpha value is -1.63. The van der Waals surface area contributed by atoms with E-state index in [2.05, 4.69) is 45.0 Å². The molecular formula is C16H18O. The van der Waals surface area contributed by atoms with Gasteiger partial charge in [0, 0.05) is 5.56 Å². The number of carbonyl (C=O) groups excluding carboxylic acids is 1. The van der Waals surface area contributed by atoms with Crippen LogP contribution in [0.4, 0.5) is 0 Å². The molecule has 0 radical (unpaired) electrons. The van der Waals surface area contributed by atoms with Crippen molar-refractivity contribution in [3.63, 3.8) is 0 Å². The highest BCUT2D eigenvalue weighted by Gasteiger charge is 2.14. The Morgan fingerprint density at radius 1 is 1.06 bits per heavy atom. The van der Waals surface area contributed by atoms with Crippen LogP contribution >= 0.6 is 0 Å². The first-order valence-electron chi connectivity index (χ1n) is 5.94. The quantitative estimate of drug-likeness (QED) is 0.661. The molecule has 0 fully saturated rings. The summed E-state index contributed by atoms with van der Waals surface area (Å²) in [7, 11) is 0. The van der Waals surface area contributed by atoms with Crippen molar-refractivity contribution in [2.24, 2.45) is 0 Å². The molecule has 2 aromatic rings. The number of carbonyl (C=O) groups is 1. The van der Waals surface area contributed by atoms with Crippen molar-refractivity contribution >= 4 is 16.6 Å². The van der Waals surface area contributed by atoms with Crippen LogP contribution in [0.1, 0.15) is 43.6 Å². The highest BCUT2D eigenvalue weighted by atomic mass is 16.1. The molecule has 0 N–H and O–H groups in total. The molecule has 0 aromatic heterocycles. The van der Waals surface area contributed by atoms with Crippen LogP contribution in [0, 0.1) is 0 Å². The monoisotopic (exact) mass is 226 g/mol. The van der Waals surface area contributed by atoms with Crippen LogP contribution < -0.4 is 0 Å². The average Bonchev–Trinajstić information content (AvgIpc) is 2.26. The van der Waals surface area contributed by atoms with Gasteiger partial charge in [0.2, 0.25) is 0 Å². The number of hydrogen-bond donors (Lipinski definition) is 0. The summed E-state index contributed by atoms with van der Waals surface area (Å²) < 4.78 is 0. The van der Waals surface area contributed by atoms with E-state index < -0.39 is 0 Å². The van der Waals surface area contributed by atoms with Crippen molar-refractivity contribution in [2.45, 2.75) is 33.1 Å². The summed E-state index contributed by atoms with van der Waals surface area (Å²) in [5.41, 5.74) is 2.24. The second-order valence-corrected chi connectivity index (χ2v) is 5.55. The lowest BCUT2D eigenvalue weighted by Crippen LogP contribution is -2.10. The highest BCUT2D eigenvalue weighted by Crippen LogP contribution is 2.27. The Kier molecular flexibility index (Phi) is 2.78. The van der Waals surface area contributed by atoms with Crippen LogP contribution in [0.15, 0.2) is 36.4 Å². The van der Waals surface area contributed by atoms with E-state index in [1.165, 1.54) is 5.56 Å². The van der Waals surface area contributed by atoms with E-state index in [4.69, 9.17) is 0 Å². The van der Waals surface area contributed by atoms with Crippen LogP contribution in [0.3, 0.4) is 0 Å². The molecule has 0 saturated carbocycles. The van der Waals surface area contributed by atoms with E-state index >= 15 is 0 Å². The predicted molar refractivity (Wildman–Crippen MR) is 72.7 cm³/mol. The molecule has 2 rings (SSSR count). The normalized spacial score (nSPS) is 11.8. The van der Waals surface area contributed by atoms with Gasteiger partial charge in [-0.05, 0) is 28.7 Å². The Morgan fingerprint density at radius 2 is 1.76 bits per heavy atom. The predicted octanol–water partition coefficient (Wildman–Crippen LogP) is 4.34. The van der Waals surface area contributed by atoms with Crippen molar-refractivity contribution in [1.29, 1.82) is 0 Å². The van der Waals surface area contributed by atoms with Crippen molar-refractivity contribution < 1.29 is 4.79 Å². The summed E-state index contributed by atoms with van der Waals surface area (Å²) in [4.78, 5) is 11.5. The van der Waals surface area contributed by atoms with E-state index in [1.54, 1.807) is 6.92 Å². The third-order valence-corrected chi connectivity index (χ3v) is 3.13. The van der Waals surface area contributed by atoms with Gasteiger partial charge in [0.05, 0.1) is 0 Å². The first-order valence-corrected chi connectivity index (χ1v) is 5.94. The number of hydrogen-bond acceptors (Lipinski definition) is 1. The molecule has 0 aliphatic heterocycles. The molecule has 2 aromatic carbocycles. The summed E-state index contributed by atoms with van der Waals surface area (Å²) in [5, 5.41) is 2.19. The maximum Gasteiger partial charge on any atom is 0.160 e. The van der Waals surface area contributed by atoms with Gasteiger partial charge in [-0.25, -0.2) is 0 Å².